The Hall–Kier alpha value is -3.27. The number of amides is 1. The van der Waals surface area contributed by atoms with Crippen molar-refractivity contribution in [2.45, 2.75) is 0 Å². The van der Waals surface area contributed by atoms with E-state index < -0.39 is 11.7 Å². The molecule has 4 heteroatoms. The first-order valence-corrected chi connectivity index (χ1v) is 6.95. The number of benzene rings is 2. The van der Waals surface area contributed by atoms with Crippen LogP contribution in [0.15, 0.2) is 71.8 Å². The SMILES string of the molecule is NC(=O)C(=C/c1ccccc1)/C(=C\c1ccccc1)C(=O)C=O. The minimum absolute atomic E-state index is 0.00264. The molecule has 0 heterocycles. The Labute approximate surface area is 133 Å². The van der Waals surface area contributed by atoms with Crippen molar-refractivity contribution in [3.8, 4) is 0 Å². The maximum atomic E-state index is 12.0. The number of Topliss-reactive ketones (excluding diaryl/α,β-unsaturated/α-hetero) is 1. The summed E-state index contributed by atoms with van der Waals surface area (Å²) < 4.78 is 0. The molecule has 2 aromatic rings. The molecule has 4 nitrogen and oxygen atoms in total. The van der Waals surface area contributed by atoms with Gasteiger partial charge in [0.15, 0.2) is 6.29 Å². The molecule has 114 valence electrons. The highest BCUT2D eigenvalue weighted by Crippen LogP contribution is 2.18. The average Bonchev–Trinajstić information content (AvgIpc) is 2.59. The summed E-state index contributed by atoms with van der Waals surface area (Å²) in [6.45, 7) is 0. The van der Waals surface area contributed by atoms with Crippen molar-refractivity contribution < 1.29 is 14.4 Å². The van der Waals surface area contributed by atoms with Crippen molar-refractivity contribution >= 4 is 30.1 Å². The topological polar surface area (TPSA) is 77.2 Å². The molecule has 0 saturated heterocycles. The molecule has 0 radical (unpaired) electrons. The number of carbonyl (C=O) groups excluding carboxylic acids is 3. The number of hydrogen-bond acceptors (Lipinski definition) is 3. The number of hydrogen-bond donors (Lipinski definition) is 1. The van der Waals surface area contributed by atoms with Gasteiger partial charge in [0, 0.05) is 5.57 Å². The Balaban J connectivity index is 2.57. The molecule has 2 N–H and O–H groups in total. The molecule has 23 heavy (non-hydrogen) atoms. The fourth-order valence-corrected chi connectivity index (χ4v) is 2.06. The summed E-state index contributed by atoms with van der Waals surface area (Å²) in [7, 11) is 0. The van der Waals surface area contributed by atoms with E-state index in [1.165, 1.54) is 12.2 Å². The molecule has 0 aliphatic heterocycles. The number of primary amides is 1. The first kappa shape index (κ1) is 16.1. The number of ketones is 1. The van der Waals surface area contributed by atoms with E-state index in [4.69, 9.17) is 5.73 Å². The van der Waals surface area contributed by atoms with Crippen molar-refractivity contribution in [3.05, 3.63) is 82.9 Å². The summed E-state index contributed by atoms with van der Waals surface area (Å²) in [5.41, 5.74) is 6.79. The summed E-state index contributed by atoms with van der Waals surface area (Å²) >= 11 is 0. The summed E-state index contributed by atoms with van der Waals surface area (Å²) in [5.74, 6) is -1.57. The van der Waals surface area contributed by atoms with Crippen LogP contribution in [-0.2, 0) is 14.4 Å². The summed E-state index contributed by atoms with van der Waals surface area (Å²) in [6, 6.07) is 17.9. The molecule has 0 unspecified atom stereocenters. The van der Waals surface area contributed by atoms with E-state index in [1.807, 2.05) is 12.1 Å². The van der Waals surface area contributed by atoms with Gasteiger partial charge in [-0.25, -0.2) is 0 Å². The number of aldehydes is 1. The van der Waals surface area contributed by atoms with Crippen LogP contribution in [0, 0.1) is 0 Å². The van der Waals surface area contributed by atoms with E-state index in [9.17, 15) is 14.4 Å². The van der Waals surface area contributed by atoms with Crippen molar-refractivity contribution in [3.63, 3.8) is 0 Å². The van der Waals surface area contributed by atoms with Gasteiger partial charge in [0.2, 0.25) is 11.7 Å². The number of nitrogens with two attached hydrogens (primary N) is 1. The van der Waals surface area contributed by atoms with Crippen LogP contribution >= 0.6 is 0 Å². The lowest BCUT2D eigenvalue weighted by molar-refractivity contribution is -0.127. The lowest BCUT2D eigenvalue weighted by atomic mass is 9.96. The zero-order valence-corrected chi connectivity index (χ0v) is 12.3. The van der Waals surface area contributed by atoms with Gasteiger partial charge in [-0.3, -0.25) is 14.4 Å². The average molecular weight is 305 g/mol. The van der Waals surface area contributed by atoms with Gasteiger partial charge in [-0.15, -0.1) is 0 Å². The second-order valence-electron chi connectivity index (χ2n) is 4.78. The minimum Gasteiger partial charge on any atom is -0.366 e. The fraction of sp³-hybridized carbons (Fsp3) is 0. The first-order chi connectivity index (χ1) is 11.1. The summed E-state index contributed by atoms with van der Waals surface area (Å²) in [4.78, 5) is 34.7. The molecule has 0 spiro atoms. The smallest absolute Gasteiger partial charge is 0.249 e. The fourth-order valence-electron chi connectivity index (χ4n) is 2.06. The van der Waals surface area contributed by atoms with Crippen LogP contribution < -0.4 is 5.73 Å². The van der Waals surface area contributed by atoms with Crippen LogP contribution in [0.4, 0.5) is 0 Å². The van der Waals surface area contributed by atoms with Gasteiger partial charge in [0.05, 0.1) is 5.57 Å². The van der Waals surface area contributed by atoms with Gasteiger partial charge in [0.25, 0.3) is 0 Å². The van der Waals surface area contributed by atoms with Gasteiger partial charge >= 0.3 is 0 Å². The van der Waals surface area contributed by atoms with Crippen molar-refractivity contribution in [1.82, 2.24) is 0 Å². The Morgan fingerprint density at radius 3 is 1.57 bits per heavy atom. The Bertz CT molecular complexity index is 775. The van der Waals surface area contributed by atoms with Gasteiger partial charge < -0.3 is 5.73 Å². The first-order valence-electron chi connectivity index (χ1n) is 6.95. The van der Waals surface area contributed by atoms with Gasteiger partial charge in [-0.05, 0) is 23.3 Å². The molecular formula is C19H15NO3. The van der Waals surface area contributed by atoms with Crippen LogP contribution in [0.2, 0.25) is 0 Å². The van der Waals surface area contributed by atoms with E-state index >= 15 is 0 Å². The zero-order valence-electron chi connectivity index (χ0n) is 12.3. The highest BCUT2D eigenvalue weighted by molar-refractivity contribution is 6.38. The summed E-state index contributed by atoms with van der Waals surface area (Å²) in [6.07, 6.45) is 3.16. The molecule has 0 aliphatic carbocycles. The lowest BCUT2D eigenvalue weighted by Gasteiger charge is -2.06. The van der Waals surface area contributed by atoms with Crippen molar-refractivity contribution in [2.75, 3.05) is 0 Å². The van der Waals surface area contributed by atoms with Crippen LogP contribution in [0.3, 0.4) is 0 Å². The van der Waals surface area contributed by atoms with Crippen LogP contribution in [-0.4, -0.2) is 18.0 Å². The number of rotatable bonds is 6. The third kappa shape index (κ3) is 4.35. The molecule has 0 saturated carbocycles. The van der Waals surface area contributed by atoms with Gasteiger partial charge in [-0.1, -0.05) is 60.7 Å². The number of carbonyl (C=O) groups is 3. The molecule has 2 rings (SSSR count). The standard InChI is InChI=1S/C19H15NO3/c20-19(23)17(12-15-9-5-2-6-10-15)16(18(22)13-21)11-14-7-3-1-4-8-14/h1-13H,(H2,20,23)/b16-11+,17-12+. The van der Waals surface area contributed by atoms with Crippen LogP contribution in [0.1, 0.15) is 11.1 Å². The highest BCUT2D eigenvalue weighted by Gasteiger charge is 2.18. The second-order valence-corrected chi connectivity index (χ2v) is 4.78. The molecule has 0 aliphatic rings. The van der Waals surface area contributed by atoms with E-state index in [1.54, 1.807) is 48.5 Å². The Morgan fingerprint density at radius 2 is 1.17 bits per heavy atom. The predicted octanol–water partition coefficient (Wildman–Crippen LogP) is 2.41. The molecule has 1 amide bonds. The second kappa shape index (κ2) is 7.66. The normalized spacial score (nSPS) is 11.8. The van der Waals surface area contributed by atoms with E-state index in [2.05, 4.69) is 0 Å². The quantitative estimate of drug-likeness (QED) is 0.385. The largest absolute Gasteiger partial charge is 0.366 e. The summed E-state index contributed by atoms with van der Waals surface area (Å²) in [5, 5.41) is 0. The van der Waals surface area contributed by atoms with Gasteiger partial charge in [0.1, 0.15) is 0 Å². The molecule has 0 fully saturated rings. The lowest BCUT2D eigenvalue weighted by Crippen LogP contribution is -2.19. The molecule has 2 aromatic carbocycles. The minimum atomic E-state index is -0.796. The van der Waals surface area contributed by atoms with Crippen molar-refractivity contribution in [2.24, 2.45) is 5.73 Å². The monoisotopic (exact) mass is 305 g/mol. The Morgan fingerprint density at radius 1 is 0.739 bits per heavy atom. The predicted molar refractivity (Wildman–Crippen MR) is 89.1 cm³/mol. The molecule has 0 aromatic heterocycles. The highest BCUT2D eigenvalue weighted by atomic mass is 16.2. The third-order valence-electron chi connectivity index (χ3n) is 3.15. The Kier molecular flexibility index (Phi) is 5.36. The van der Waals surface area contributed by atoms with Crippen LogP contribution in [0.25, 0.3) is 12.2 Å². The zero-order chi connectivity index (χ0) is 16.7. The maximum Gasteiger partial charge on any atom is 0.249 e. The van der Waals surface area contributed by atoms with Gasteiger partial charge in [-0.2, -0.15) is 0 Å². The molecular weight excluding hydrogens is 290 g/mol. The van der Waals surface area contributed by atoms with E-state index in [-0.39, 0.29) is 17.4 Å². The third-order valence-corrected chi connectivity index (χ3v) is 3.15. The van der Waals surface area contributed by atoms with Crippen LogP contribution in [0.5, 0.6) is 0 Å². The van der Waals surface area contributed by atoms with Crippen molar-refractivity contribution in [1.29, 1.82) is 0 Å². The van der Waals surface area contributed by atoms with E-state index in [0.717, 1.165) is 0 Å². The maximum absolute atomic E-state index is 12.0. The van der Waals surface area contributed by atoms with E-state index in [0.29, 0.717) is 11.1 Å². The molecule has 0 atom stereocenters. The molecule has 0 bridgehead atoms.